The molecule has 84 valence electrons. The molecule has 0 aliphatic rings. The molecule has 2 heterocycles. The Balaban J connectivity index is 2.31. The smallest absolute Gasteiger partial charge is 0.371 e. The third kappa shape index (κ3) is 1.72. The first-order valence-electron chi connectivity index (χ1n) is 4.64. The molecule has 0 radical (unpaired) electrons. The van der Waals surface area contributed by atoms with E-state index in [0.29, 0.717) is 5.76 Å². The van der Waals surface area contributed by atoms with Gasteiger partial charge < -0.3 is 19.0 Å². The van der Waals surface area contributed by atoms with Gasteiger partial charge in [0.15, 0.2) is 6.10 Å². The lowest BCUT2D eigenvalue weighted by Crippen LogP contribution is -1.98. The Morgan fingerprint density at radius 3 is 2.62 bits per heavy atom. The maximum Gasteiger partial charge on any atom is 0.371 e. The Bertz CT molecular complexity index is 508. The van der Waals surface area contributed by atoms with E-state index in [1.54, 1.807) is 13.0 Å². The number of rotatable bonds is 3. The van der Waals surface area contributed by atoms with E-state index in [1.165, 1.54) is 18.4 Å². The summed E-state index contributed by atoms with van der Waals surface area (Å²) < 4.78 is 10.1. The molecule has 0 saturated heterocycles. The monoisotopic (exact) mass is 222 g/mol. The van der Waals surface area contributed by atoms with Crippen molar-refractivity contribution in [1.29, 1.82) is 0 Å². The number of furan rings is 2. The first-order valence-corrected chi connectivity index (χ1v) is 4.64. The van der Waals surface area contributed by atoms with Gasteiger partial charge in [-0.25, -0.2) is 4.79 Å². The summed E-state index contributed by atoms with van der Waals surface area (Å²) in [5.41, 5.74) is 0.778. The van der Waals surface area contributed by atoms with Crippen LogP contribution in [0.2, 0.25) is 0 Å². The SMILES string of the molecule is Cc1ccoc1C(O)c1ccc(C(=O)O)o1. The highest BCUT2D eigenvalue weighted by Crippen LogP contribution is 2.26. The highest BCUT2D eigenvalue weighted by atomic mass is 16.4. The average Bonchev–Trinajstić information content (AvgIpc) is 2.84. The van der Waals surface area contributed by atoms with Crippen LogP contribution in [-0.4, -0.2) is 16.2 Å². The third-order valence-corrected chi connectivity index (χ3v) is 2.26. The van der Waals surface area contributed by atoms with Crippen LogP contribution in [0.1, 0.15) is 33.7 Å². The first kappa shape index (κ1) is 10.5. The van der Waals surface area contributed by atoms with Gasteiger partial charge in [0.2, 0.25) is 5.76 Å². The highest BCUT2D eigenvalue weighted by molar-refractivity contribution is 5.84. The number of aliphatic hydroxyl groups excluding tert-OH is 1. The molecule has 0 saturated carbocycles. The molecular weight excluding hydrogens is 212 g/mol. The van der Waals surface area contributed by atoms with Crippen LogP contribution in [-0.2, 0) is 0 Å². The van der Waals surface area contributed by atoms with Gasteiger partial charge in [0, 0.05) is 0 Å². The second-order valence-electron chi connectivity index (χ2n) is 3.38. The number of hydrogen-bond acceptors (Lipinski definition) is 4. The summed E-state index contributed by atoms with van der Waals surface area (Å²) in [4.78, 5) is 10.6. The van der Waals surface area contributed by atoms with Crippen LogP contribution in [0.4, 0.5) is 0 Å². The van der Waals surface area contributed by atoms with E-state index in [2.05, 4.69) is 0 Å². The zero-order chi connectivity index (χ0) is 11.7. The van der Waals surface area contributed by atoms with Crippen molar-refractivity contribution in [3.05, 3.63) is 47.3 Å². The lowest BCUT2D eigenvalue weighted by molar-refractivity contribution is 0.0653. The quantitative estimate of drug-likeness (QED) is 0.829. The molecule has 16 heavy (non-hydrogen) atoms. The van der Waals surface area contributed by atoms with Gasteiger partial charge in [-0.1, -0.05) is 0 Å². The average molecular weight is 222 g/mol. The topological polar surface area (TPSA) is 83.8 Å². The lowest BCUT2D eigenvalue weighted by Gasteiger charge is -2.05. The van der Waals surface area contributed by atoms with E-state index in [-0.39, 0.29) is 11.5 Å². The Morgan fingerprint density at radius 1 is 1.38 bits per heavy atom. The standard InChI is InChI=1S/C11H10O5/c1-6-4-5-15-10(6)9(12)7-2-3-8(16-7)11(13)14/h2-5,9,12H,1H3,(H,13,14). The minimum absolute atomic E-state index is 0.149. The molecule has 0 bridgehead atoms. The molecule has 5 nitrogen and oxygen atoms in total. The van der Waals surface area contributed by atoms with E-state index in [1.807, 2.05) is 0 Å². The van der Waals surface area contributed by atoms with E-state index in [0.717, 1.165) is 5.56 Å². The summed E-state index contributed by atoms with van der Waals surface area (Å²) in [6, 6.07) is 4.41. The molecule has 1 unspecified atom stereocenters. The Morgan fingerprint density at radius 2 is 2.12 bits per heavy atom. The van der Waals surface area contributed by atoms with E-state index < -0.39 is 12.1 Å². The molecule has 0 fully saturated rings. The fraction of sp³-hybridized carbons (Fsp3) is 0.182. The van der Waals surface area contributed by atoms with Crippen LogP contribution >= 0.6 is 0 Å². The predicted molar refractivity (Wildman–Crippen MR) is 53.2 cm³/mol. The van der Waals surface area contributed by atoms with Crippen LogP contribution in [0.25, 0.3) is 0 Å². The van der Waals surface area contributed by atoms with E-state index in [4.69, 9.17) is 13.9 Å². The fourth-order valence-corrected chi connectivity index (χ4v) is 1.41. The van der Waals surface area contributed by atoms with Crippen molar-refractivity contribution in [1.82, 2.24) is 0 Å². The molecule has 0 amide bonds. The summed E-state index contributed by atoms with van der Waals surface area (Å²) in [7, 11) is 0. The van der Waals surface area contributed by atoms with Gasteiger partial charge in [-0.15, -0.1) is 0 Å². The summed E-state index contributed by atoms with van der Waals surface area (Å²) >= 11 is 0. The zero-order valence-corrected chi connectivity index (χ0v) is 8.51. The van der Waals surface area contributed by atoms with Crippen molar-refractivity contribution in [3.8, 4) is 0 Å². The molecule has 2 rings (SSSR count). The number of aromatic carboxylic acids is 1. The number of carboxylic acids is 1. The Kier molecular flexibility index (Phi) is 2.54. The van der Waals surface area contributed by atoms with Crippen molar-refractivity contribution in [2.24, 2.45) is 0 Å². The first-order chi connectivity index (χ1) is 7.59. The second kappa shape index (κ2) is 3.86. The molecule has 2 aromatic rings. The second-order valence-corrected chi connectivity index (χ2v) is 3.38. The largest absolute Gasteiger partial charge is 0.475 e. The van der Waals surface area contributed by atoms with E-state index >= 15 is 0 Å². The van der Waals surface area contributed by atoms with Crippen molar-refractivity contribution < 1.29 is 23.8 Å². The molecule has 0 aliphatic carbocycles. The number of hydrogen-bond donors (Lipinski definition) is 2. The summed E-state index contributed by atoms with van der Waals surface area (Å²) in [6.07, 6.45) is 0.373. The molecule has 0 aromatic carbocycles. The van der Waals surface area contributed by atoms with Gasteiger partial charge in [0.1, 0.15) is 11.5 Å². The Hall–Kier alpha value is -2.01. The predicted octanol–water partition coefficient (Wildman–Crippen LogP) is 1.96. The molecule has 2 N–H and O–H groups in total. The van der Waals surface area contributed by atoms with Gasteiger partial charge >= 0.3 is 5.97 Å². The van der Waals surface area contributed by atoms with Crippen LogP contribution in [0, 0.1) is 6.92 Å². The number of carbonyl (C=O) groups is 1. The summed E-state index contributed by atoms with van der Waals surface area (Å²) in [5.74, 6) is -0.880. The van der Waals surface area contributed by atoms with Gasteiger partial charge in [0.05, 0.1) is 6.26 Å². The Labute approximate surface area is 90.9 Å². The molecule has 0 spiro atoms. The number of aryl methyl sites for hydroxylation is 1. The lowest BCUT2D eigenvalue weighted by atomic mass is 10.1. The summed E-state index contributed by atoms with van der Waals surface area (Å²) in [5, 5.41) is 18.5. The van der Waals surface area contributed by atoms with Crippen LogP contribution in [0.3, 0.4) is 0 Å². The van der Waals surface area contributed by atoms with E-state index in [9.17, 15) is 9.90 Å². The van der Waals surface area contributed by atoms with Crippen molar-refractivity contribution >= 4 is 5.97 Å². The van der Waals surface area contributed by atoms with Gasteiger partial charge in [-0.05, 0) is 30.7 Å². The molecule has 2 aromatic heterocycles. The van der Waals surface area contributed by atoms with Crippen LogP contribution in [0.15, 0.2) is 33.3 Å². The zero-order valence-electron chi connectivity index (χ0n) is 8.51. The van der Waals surface area contributed by atoms with Gasteiger partial charge in [0.25, 0.3) is 0 Å². The fourth-order valence-electron chi connectivity index (χ4n) is 1.41. The third-order valence-electron chi connectivity index (χ3n) is 2.26. The molecule has 5 heteroatoms. The van der Waals surface area contributed by atoms with Crippen molar-refractivity contribution in [2.75, 3.05) is 0 Å². The minimum Gasteiger partial charge on any atom is -0.475 e. The van der Waals surface area contributed by atoms with Crippen molar-refractivity contribution in [2.45, 2.75) is 13.0 Å². The normalized spacial score (nSPS) is 12.6. The van der Waals surface area contributed by atoms with Crippen molar-refractivity contribution in [3.63, 3.8) is 0 Å². The molecule has 0 aliphatic heterocycles. The van der Waals surface area contributed by atoms with Crippen LogP contribution in [0.5, 0.6) is 0 Å². The maximum absolute atomic E-state index is 10.6. The highest BCUT2D eigenvalue weighted by Gasteiger charge is 2.21. The van der Waals surface area contributed by atoms with Gasteiger partial charge in [-0.2, -0.15) is 0 Å². The number of aliphatic hydroxyl groups is 1. The molecule has 1 atom stereocenters. The van der Waals surface area contributed by atoms with Crippen LogP contribution < -0.4 is 0 Å². The summed E-state index contributed by atoms with van der Waals surface area (Å²) in [6.45, 7) is 1.78. The minimum atomic E-state index is -1.17. The van der Waals surface area contributed by atoms with Gasteiger partial charge in [-0.3, -0.25) is 0 Å². The number of carboxylic acid groups (broad SMARTS) is 1. The molecular formula is C11H10O5. The maximum atomic E-state index is 10.6.